The Balaban J connectivity index is 1.62. The highest BCUT2D eigenvalue weighted by Crippen LogP contribution is 2.25. The predicted octanol–water partition coefficient (Wildman–Crippen LogP) is 4.40. The van der Waals surface area contributed by atoms with Crippen molar-refractivity contribution >= 4 is 35.2 Å². The van der Waals surface area contributed by atoms with Gasteiger partial charge in [-0.05, 0) is 49.9 Å². The molecule has 3 rings (SSSR count). The van der Waals surface area contributed by atoms with Gasteiger partial charge in [0.1, 0.15) is 0 Å². The van der Waals surface area contributed by atoms with E-state index in [1.165, 1.54) is 24.6 Å². The molecule has 32 heavy (non-hydrogen) atoms. The van der Waals surface area contributed by atoms with Gasteiger partial charge in [0.05, 0.1) is 11.8 Å². The molecule has 1 aromatic carbocycles. The van der Waals surface area contributed by atoms with Gasteiger partial charge < -0.3 is 15.2 Å². The van der Waals surface area contributed by atoms with E-state index in [4.69, 9.17) is 11.6 Å². The molecule has 1 aliphatic rings. The van der Waals surface area contributed by atoms with Crippen molar-refractivity contribution in [3.05, 3.63) is 53.3 Å². The van der Waals surface area contributed by atoms with Crippen molar-refractivity contribution in [2.75, 3.05) is 5.75 Å². The van der Waals surface area contributed by atoms with Crippen LogP contribution in [0.2, 0.25) is 5.02 Å². The monoisotopic (exact) mass is 475 g/mol. The van der Waals surface area contributed by atoms with Gasteiger partial charge >= 0.3 is 0 Å². The summed E-state index contributed by atoms with van der Waals surface area (Å²) in [6.07, 6.45) is 6.35. The second-order valence-corrected chi connectivity index (χ2v) is 9.55. The molecule has 1 heterocycles. The highest BCUT2D eigenvalue weighted by Gasteiger charge is 2.24. The number of carbonyl (C=O) groups is 2. The number of halogens is 1. The second-order valence-electron chi connectivity index (χ2n) is 8.17. The zero-order valence-electron chi connectivity index (χ0n) is 18.5. The largest absolute Gasteiger partial charge is 0.352 e. The molecule has 2 amide bonds. The highest BCUT2D eigenvalue weighted by atomic mass is 35.5. The van der Waals surface area contributed by atoms with Crippen LogP contribution in [-0.2, 0) is 11.3 Å². The molecule has 7 nitrogen and oxygen atoms in total. The summed E-state index contributed by atoms with van der Waals surface area (Å²) >= 11 is 7.24. The van der Waals surface area contributed by atoms with Gasteiger partial charge in [0, 0.05) is 23.2 Å². The Morgan fingerprint density at radius 3 is 2.69 bits per heavy atom. The summed E-state index contributed by atoms with van der Waals surface area (Å²) < 4.78 is 1.88. The first-order valence-corrected chi connectivity index (χ1v) is 12.3. The summed E-state index contributed by atoms with van der Waals surface area (Å²) in [5, 5.41) is 15.8. The molecule has 172 valence electrons. The number of hydrogen-bond acceptors (Lipinski definition) is 5. The molecule has 0 aliphatic heterocycles. The Morgan fingerprint density at radius 2 is 2.00 bits per heavy atom. The maximum atomic E-state index is 12.6. The van der Waals surface area contributed by atoms with Gasteiger partial charge in [0.25, 0.3) is 5.91 Å². The Bertz CT molecular complexity index is 946. The van der Waals surface area contributed by atoms with E-state index in [0.29, 0.717) is 34.0 Å². The number of thioether (sulfide) groups is 1. The minimum Gasteiger partial charge on any atom is -0.352 e. The van der Waals surface area contributed by atoms with Crippen LogP contribution in [0.4, 0.5) is 0 Å². The quantitative estimate of drug-likeness (QED) is 0.414. The molecule has 1 aliphatic carbocycles. The standard InChI is InChI=1S/C23H30ClN5O2S/c1-4-13-29-21(16(3)25-22(31)17-9-11-18(24)12-10-17)27-28-23(29)32-14-20(30)26-19-8-6-5-7-15(19)2/h4,9-12,15-16,19H,1,5-8,13-14H2,2-3H3,(H,25,31)(H,26,30)/t15-,16-,19+/m0/s1. The summed E-state index contributed by atoms with van der Waals surface area (Å²) in [7, 11) is 0. The minimum atomic E-state index is -0.378. The van der Waals surface area contributed by atoms with E-state index in [2.05, 4.69) is 34.3 Å². The molecule has 0 bridgehead atoms. The van der Waals surface area contributed by atoms with Crippen molar-refractivity contribution < 1.29 is 9.59 Å². The first kappa shape index (κ1) is 24.3. The van der Waals surface area contributed by atoms with Crippen molar-refractivity contribution in [2.45, 2.75) is 63.3 Å². The van der Waals surface area contributed by atoms with E-state index >= 15 is 0 Å². The molecule has 0 radical (unpaired) electrons. The molecule has 0 unspecified atom stereocenters. The molecule has 1 saturated carbocycles. The van der Waals surface area contributed by atoms with E-state index in [1.54, 1.807) is 30.3 Å². The molecule has 1 aromatic heterocycles. The maximum absolute atomic E-state index is 12.6. The highest BCUT2D eigenvalue weighted by molar-refractivity contribution is 7.99. The number of benzene rings is 1. The van der Waals surface area contributed by atoms with E-state index in [0.717, 1.165) is 12.8 Å². The van der Waals surface area contributed by atoms with Crippen molar-refractivity contribution in [1.82, 2.24) is 25.4 Å². The van der Waals surface area contributed by atoms with Gasteiger partial charge in [-0.15, -0.1) is 16.8 Å². The van der Waals surface area contributed by atoms with E-state index in [9.17, 15) is 9.59 Å². The minimum absolute atomic E-state index is 0.00698. The van der Waals surface area contributed by atoms with Gasteiger partial charge in [-0.1, -0.05) is 49.2 Å². The maximum Gasteiger partial charge on any atom is 0.251 e. The SMILES string of the molecule is C=CCn1c(SCC(=O)N[C@@H]2CCCC[C@@H]2C)nnc1[C@H](C)NC(=O)c1ccc(Cl)cc1. The van der Waals surface area contributed by atoms with Crippen molar-refractivity contribution in [2.24, 2.45) is 5.92 Å². The Hall–Kier alpha value is -2.32. The van der Waals surface area contributed by atoms with Crippen molar-refractivity contribution in [3.63, 3.8) is 0 Å². The molecule has 9 heteroatoms. The fourth-order valence-corrected chi connectivity index (χ4v) is 4.77. The third-order valence-corrected chi connectivity index (χ3v) is 6.91. The van der Waals surface area contributed by atoms with Crippen molar-refractivity contribution in [3.8, 4) is 0 Å². The van der Waals surface area contributed by atoms with Gasteiger partial charge in [-0.3, -0.25) is 9.59 Å². The van der Waals surface area contributed by atoms with E-state index < -0.39 is 0 Å². The zero-order chi connectivity index (χ0) is 23.1. The first-order valence-electron chi connectivity index (χ1n) is 10.9. The smallest absolute Gasteiger partial charge is 0.251 e. The van der Waals surface area contributed by atoms with Gasteiger partial charge in [0.15, 0.2) is 11.0 Å². The number of hydrogen-bond donors (Lipinski definition) is 2. The van der Waals surface area contributed by atoms with Crippen LogP contribution in [0.25, 0.3) is 0 Å². The first-order chi connectivity index (χ1) is 15.4. The summed E-state index contributed by atoms with van der Waals surface area (Å²) in [5.74, 6) is 1.17. The molecule has 1 fully saturated rings. The molecular formula is C23H30ClN5O2S. The van der Waals surface area contributed by atoms with Crippen LogP contribution in [0.1, 0.15) is 61.8 Å². The molecule has 2 N–H and O–H groups in total. The van der Waals surface area contributed by atoms with Crippen molar-refractivity contribution in [1.29, 1.82) is 0 Å². The van der Waals surface area contributed by atoms with Crippen LogP contribution >= 0.6 is 23.4 Å². The van der Waals surface area contributed by atoms with Crippen LogP contribution in [0.3, 0.4) is 0 Å². The van der Waals surface area contributed by atoms with Gasteiger partial charge in [0.2, 0.25) is 5.91 Å². The molecule has 0 spiro atoms. The lowest BCUT2D eigenvalue weighted by atomic mass is 9.86. The average molecular weight is 476 g/mol. The topological polar surface area (TPSA) is 88.9 Å². The van der Waals surface area contributed by atoms with Crippen LogP contribution < -0.4 is 10.6 Å². The lowest BCUT2D eigenvalue weighted by Gasteiger charge is -2.29. The van der Waals surface area contributed by atoms with Crippen LogP contribution in [0.15, 0.2) is 42.1 Å². The lowest BCUT2D eigenvalue weighted by molar-refractivity contribution is -0.119. The second kappa shape index (κ2) is 11.5. The summed E-state index contributed by atoms with van der Waals surface area (Å²) in [5.41, 5.74) is 0.513. The third kappa shape index (κ3) is 6.36. The molecule has 3 atom stereocenters. The number of allylic oxidation sites excluding steroid dienone is 1. The summed E-state index contributed by atoms with van der Waals surface area (Å²) in [4.78, 5) is 25.0. The molecule has 2 aromatic rings. The fourth-order valence-electron chi connectivity index (χ4n) is 3.88. The Labute approximate surface area is 198 Å². The third-order valence-electron chi connectivity index (χ3n) is 5.69. The van der Waals surface area contributed by atoms with E-state index in [1.807, 2.05) is 11.5 Å². The summed E-state index contributed by atoms with van der Waals surface area (Å²) in [6.45, 7) is 8.34. The number of nitrogens with zero attached hydrogens (tertiary/aromatic N) is 3. The Morgan fingerprint density at radius 1 is 1.28 bits per heavy atom. The number of nitrogens with one attached hydrogen (secondary N) is 2. The number of aromatic nitrogens is 3. The zero-order valence-corrected chi connectivity index (χ0v) is 20.1. The summed E-state index contributed by atoms with van der Waals surface area (Å²) in [6, 6.07) is 6.57. The van der Waals surface area contributed by atoms with Crippen LogP contribution in [0, 0.1) is 5.92 Å². The van der Waals surface area contributed by atoms with Gasteiger partial charge in [-0.2, -0.15) is 0 Å². The number of carbonyl (C=O) groups excluding carboxylic acids is 2. The lowest BCUT2D eigenvalue weighted by Crippen LogP contribution is -2.41. The van der Waals surface area contributed by atoms with Crippen LogP contribution in [-0.4, -0.2) is 38.4 Å². The normalized spacial score (nSPS) is 19.2. The van der Waals surface area contributed by atoms with Crippen LogP contribution in [0.5, 0.6) is 0 Å². The predicted molar refractivity (Wildman–Crippen MR) is 128 cm³/mol. The Kier molecular flexibility index (Phi) is 8.75. The number of amides is 2. The molecule has 0 saturated heterocycles. The fraction of sp³-hybridized carbons (Fsp3) is 0.478. The van der Waals surface area contributed by atoms with Gasteiger partial charge in [-0.25, -0.2) is 0 Å². The number of rotatable bonds is 9. The average Bonchev–Trinajstić information content (AvgIpc) is 3.17. The molecular weight excluding hydrogens is 446 g/mol. The van der Waals surface area contributed by atoms with E-state index in [-0.39, 0.29) is 29.7 Å².